The van der Waals surface area contributed by atoms with Gasteiger partial charge in [0, 0.05) is 0 Å². The van der Waals surface area contributed by atoms with E-state index in [1.54, 1.807) is 31.2 Å². The molecule has 0 aliphatic heterocycles. The number of nitrogens with zero attached hydrogens (tertiary/aromatic N) is 1. The zero-order valence-corrected chi connectivity index (χ0v) is 17.5. The monoisotopic (exact) mass is 429 g/mol. The van der Waals surface area contributed by atoms with Gasteiger partial charge in [-0.1, -0.05) is 12.1 Å². The zero-order chi connectivity index (χ0) is 21.3. The van der Waals surface area contributed by atoms with Crippen LogP contribution in [0.25, 0.3) is 10.2 Å². The second-order valence-electron chi connectivity index (χ2n) is 6.27. The Hall–Kier alpha value is -3.17. The van der Waals surface area contributed by atoms with E-state index in [1.165, 1.54) is 11.3 Å². The number of para-hydroxylation sites is 1. The molecule has 8 nitrogen and oxygen atoms in total. The highest BCUT2D eigenvalue weighted by atomic mass is 32.1. The molecule has 158 valence electrons. The number of carbonyl (C=O) groups is 2. The predicted molar refractivity (Wildman–Crippen MR) is 113 cm³/mol. The lowest BCUT2D eigenvalue weighted by molar-refractivity contribution is -0.134. The van der Waals surface area contributed by atoms with Gasteiger partial charge in [0.2, 0.25) is 0 Å². The number of benzene rings is 2. The quantitative estimate of drug-likeness (QED) is 0.508. The Morgan fingerprint density at radius 1 is 1.07 bits per heavy atom. The summed E-state index contributed by atoms with van der Waals surface area (Å²) in [6.45, 7) is 4.07. The second kappa shape index (κ2) is 10.6. The molecule has 3 aromatic rings. The SMILES string of the molecule is CCOc1ccc(OC(C)C(=O)NNC(=O)COCc2nc3ccccc3s2)cc1. The van der Waals surface area contributed by atoms with Gasteiger partial charge in [0.05, 0.1) is 23.4 Å². The third-order valence-corrected chi connectivity index (χ3v) is 4.95. The van der Waals surface area contributed by atoms with E-state index in [2.05, 4.69) is 15.8 Å². The van der Waals surface area contributed by atoms with Crippen LogP contribution in [0.15, 0.2) is 48.5 Å². The number of hydrogen-bond acceptors (Lipinski definition) is 7. The molecule has 1 unspecified atom stereocenters. The van der Waals surface area contributed by atoms with Crippen molar-refractivity contribution in [3.63, 3.8) is 0 Å². The minimum absolute atomic E-state index is 0.204. The Kier molecular flexibility index (Phi) is 7.58. The van der Waals surface area contributed by atoms with Crippen molar-refractivity contribution < 1.29 is 23.8 Å². The van der Waals surface area contributed by atoms with Crippen LogP contribution in [-0.2, 0) is 20.9 Å². The Labute approximate surface area is 178 Å². The number of ether oxygens (including phenoxy) is 3. The van der Waals surface area contributed by atoms with Gasteiger partial charge in [-0.05, 0) is 50.2 Å². The molecule has 0 aliphatic carbocycles. The summed E-state index contributed by atoms with van der Waals surface area (Å²) in [4.78, 5) is 28.4. The number of aromatic nitrogens is 1. The Morgan fingerprint density at radius 3 is 2.53 bits per heavy atom. The van der Waals surface area contributed by atoms with Gasteiger partial charge in [-0.3, -0.25) is 20.4 Å². The summed E-state index contributed by atoms with van der Waals surface area (Å²) in [5.41, 5.74) is 5.53. The van der Waals surface area contributed by atoms with Gasteiger partial charge in [0.1, 0.15) is 23.1 Å². The predicted octanol–water partition coefficient (Wildman–Crippen LogP) is 2.83. The van der Waals surface area contributed by atoms with E-state index in [9.17, 15) is 9.59 Å². The molecule has 0 fully saturated rings. The van der Waals surface area contributed by atoms with Crippen molar-refractivity contribution in [2.45, 2.75) is 26.6 Å². The van der Waals surface area contributed by atoms with Crippen LogP contribution >= 0.6 is 11.3 Å². The van der Waals surface area contributed by atoms with Gasteiger partial charge in [-0.25, -0.2) is 4.98 Å². The molecule has 2 N–H and O–H groups in total. The fraction of sp³-hybridized carbons (Fsp3) is 0.286. The van der Waals surface area contributed by atoms with Crippen molar-refractivity contribution in [3.05, 3.63) is 53.5 Å². The molecule has 30 heavy (non-hydrogen) atoms. The molecule has 2 amide bonds. The minimum atomic E-state index is -0.799. The first-order valence-corrected chi connectivity index (χ1v) is 10.3. The fourth-order valence-corrected chi connectivity index (χ4v) is 3.43. The Bertz CT molecular complexity index is 957. The van der Waals surface area contributed by atoms with Gasteiger partial charge in [0.25, 0.3) is 11.8 Å². The van der Waals surface area contributed by atoms with Crippen LogP contribution in [0.4, 0.5) is 0 Å². The van der Waals surface area contributed by atoms with Gasteiger partial charge in [-0.2, -0.15) is 0 Å². The van der Waals surface area contributed by atoms with E-state index < -0.39 is 17.9 Å². The maximum absolute atomic E-state index is 12.1. The smallest absolute Gasteiger partial charge is 0.279 e. The molecule has 3 rings (SSSR count). The molecule has 0 spiro atoms. The highest BCUT2D eigenvalue weighted by Crippen LogP contribution is 2.22. The van der Waals surface area contributed by atoms with Gasteiger partial charge >= 0.3 is 0 Å². The lowest BCUT2D eigenvalue weighted by Crippen LogP contribution is -2.48. The van der Waals surface area contributed by atoms with E-state index >= 15 is 0 Å². The molecule has 0 bridgehead atoms. The average Bonchev–Trinajstić information content (AvgIpc) is 3.16. The molecule has 1 atom stereocenters. The molecular formula is C21H23N3O5S. The van der Waals surface area contributed by atoms with Crippen LogP contribution in [0.1, 0.15) is 18.9 Å². The third-order valence-electron chi connectivity index (χ3n) is 3.94. The minimum Gasteiger partial charge on any atom is -0.494 e. The highest BCUT2D eigenvalue weighted by molar-refractivity contribution is 7.18. The summed E-state index contributed by atoms with van der Waals surface area (Å²) in [6, 6.07) is 14.7. The van der Waals surface area contributed by atoms with Crippen molar-refractivity contribution in [1.82, 2.24) is 15.8 Å². The number of fused-ring (bicyclic) bond motifs is 1. The molecule has 0 saturated carbocycles. The van der Waals surface area contributed by atoms with Crippen LogP contribution < -0.4 is 20.3 Å². The molecule has 0 radical (unpaired) electrons. The first-order valence-electron chi connectivity index (χ1n) is 9.45. The van der Waals surface area contributed by atoms with Crippen LogP contribution in [0.3, 0.4) is 0 Å². The maximum Gasteiger partial charge on any atom is 0.279 e. The van der Waals surface area contributed by atoms with Crippen molar-refractivity contribution in [1.29, 1.82) is 0 Å². The Balaban J connectivity index is 1.36. The number of rotatable bonds is 9. The molecule has 0 saturated heterocycles. The first-order chi connectivity index (χ1) is 14.5. The highest BCUT2D eigenvalue weighted by Gasteiger charge is 2.15. The van der Waals surface area contributed by atoms with Crippen LogP contribution in [0.2, 0.25) is 0 Å². The Morgan fingerprint density at radius 2 is 1.80 bits per heavy atom. The van der Waals surface area contributed by atoms with Gasteiger partial charge in [0.15, 0.2) is 6.10 Å². The summed E-state index contributed by atoms with van der Waals surface area (Å²) in [5, 5.41) is 0.783. The van der Waals surface area contributed by atoms with Crippen LogP contribution in [0.5, 0.6) is 11.5 Å². The second-order valence-corrected chi connectivity index (χ2v) is 7.39. The number of hydrazine groups is 1. The van der Waals surface area contributed by atoms with E-state index in [0.29, 0.717) is 12.4 Å². The summed E-state index contributed by atoms with van der Waals surface area (Å²) in [6.07, 6.45) is -0.799. The van der Waals surface area contributed by atoms with Crippen LogP contribution in [-0.4, -0.2) is 36.1 Å². The van der Waals surface area contributed by atoms with Crippen molar-refractivity contribution >= 4 is 33.4 Å². The summed E-state index contributed by atoms with van der Waals surface area (Å²) in [7, 11) is 0. The normalized spacial score (nSPS) is 11.7. The topological polar surface area (TPSA) is 98.8 Å². The average molecular weight is 429 g/mol. The fourth-order valence-electron chi connectivity index (χ4n) is 2.52. The summed E-state index contributed by atoms with van der Waals surface area (Å²) < 4.78 is 17.3. The first kappa shape index (κ1) is 21.5. The van der Waals surface area contributed by atoms with Crippen LogP contribution in [0, 0.1) is 0 Å². The molecule has 1 heterocycles. The third kappa shape index (κ3) is 6.16. The van der Waals surface area contributed by atoms with Crippen molar-refractivity contribution in [3.8, 4) is 11.5 Å². The van der Waals surface area contributed by atoms with Gasteiger partial charge in [-0.15, -0.1) is 11.3 Å². The molecule has 1 aromatic heterocycles. The lowest BCUT2D eigenvalue weighted by Gasteiger charge is -2.15. The van der Waals surface area contributed by atoms with E-state index in [4.69, 9.17) is 14.2 Å². The number of nitrogens with one attached hydrogen (secondary N) is 2. The molecule has 0 aliphatic rings. The lowest BCUT2D eigenvalue weighted by atomic mass is 10.3. The van der Waals surface area contributed by atoms with Gasteiger partial charge < -0.3 is 14.2 Å². The summed E-state index contributed by atoms with van der Waals surface area (Å²) >= 11 is 1.51. The number of amides is 2. The molecule has 2 aromatic carbocycles. The maximum atomic E-state index is 12.1. The van der Waals surface area contributed by atoms with E-state index in [1.807, 2.05) is 31.2 Å². The number of carbonyl (C=O) groups excluding carboxylic acids is 2. The molecule has 9 heteroatoms. The van der Waals surface area contributed by atoms with Crippen molar-refractivity contribution in [2.24, 2.45) is 0 Å². The largest absolute Gasteiger partial charge is 0.494 e. The van der Waals surface area contributed by atoms with Crippen molar-refractivity contribution in [2.75, 3.05) is 13.2 Å². The number of thiazole rings is 1. The standard InChI is InChI=1S/C21H23N3O5S/c1-3-28-15-8-10-16(11-9-15)29-14(2)21(26)24-23-19(25)12-27-13-20-22-17-6-4-5-7-18(17)30-20/h4-11,14H,3,12-13H2,1-2H3,(H,23,25)(H,24,26). The number of hydrogen-bond donors (Lipinski definition) is 2. The summed E-state index contributed by atoms with van der Waals surface area (Å²) in [5.74, 6) is 0.285. The zero-order valence-electron chi connectivity index (χ0n) is 16.7. The van der Waals surface area contributed by atoms with E-state index in [-0.39, 0.29) is 13.2 Å². The molecular weight excluding hydrogens is 406 g/mol. The van der Waals surface area contributed by atoms with E-state index in [0.717, 1.165) is 21.0 Å².